The van der Waals surface area contributed by atoms with Crippen molar-refractivity contribution in [2.24, 2.45) is 0 Å². The van der Waals surface area contributed by atoms with Gasteiger partial charge in [0.25, 0.3) is 0 Å². The molecule has 0 bridgehead atoms. The molecule has 3 heterocycles. The van der Waals surface area contributed by atoms with Crippen molar-refractivity contribution in [2.75, 3.05) is 18.0 Å². The highest BCUT2D eigenvalue weighted by atomic mass is 19.1. The van der Waals surface area contributed by atoms with E-state index in [1.54, 1.807) is 12.1 Å². The molecule has 3 aliphatic rings. The number of benzene rings is 2. The minimum atomic E-state index is -0.892. The maximum absolute atomic E-state index is 14.7. The average molecular weight is 419 g/mol. The van der Waals surface area contributed by atoms with Gasteiger partial charge < -0.3 is 14.6 Å². The monoisotopic (exact) mass is 418 g/mol. The van der Waals surface area contributed by atoms with Gasteiger partial charge in [0.2, 0.25) is 0 Å². The van der Waals surface area contributed by atoms with Crippen molar-refractivity contribution in [3.8, 4) is 11.3 Å². The van der Waals surface area contributed by atoms with E-state index < -0.39 is 5.97 Å². The number of nitrogens with zero attached hydrogens (tertiary/aromatic N) is 2. The molecule has 0 amide bonds. The van der Waals surface area contributed by atoms with Crippen molar-refractivity contribution in [3.63, 3.8) is 0 Å². The van der Waals surface area contributed by atoms with Gasteiger partial charge in [-0.2, -0.15) is 0 Å². The van der Waals surface area contributed by atoms with Crippen molar-refractivity contribution in [1.29, 1.82) is 0 Å². The summed E-state index contributed by atoms with van der Waals surface area (Å²) in [5, 5.41) is 10.8. The molecule has 31 heavy (non-hydrogen) atoms. The topological polar surface area (TPSA) is 45.5 Å². The highest BCUT2D eigenvalue weighted by Gasteiger charge is 2.33. The van der Waals surface area contributed by atoms with Crippen molar-refractivity contribution < 1.29 is 14.3 Å². The molecule has 0 unspecified atom stereocenters. The highest BCUT2D eigenvalue weighted by molar-refractivity contribution is 6.00. The van der Waals surface area contributed by atoms with Gasteiger partial charge in [0.1, 0.15) is 5.82 Å². The molecule has 2 aliphatic heterocycles. The number of hydrogen-bond donors (Lipinski definition) is 1. The first-order valence-corrected chi connectivity index (χ1v) is 11.6. The van der Waals surface area contributed by atoms with Crippen molar-refractivity contribution in [2.45, 2.75) is 57.4 Å². The maximum atomic E-state index is 14.7. The first-order chi connectivity index (χ1) is 15.1. The normalized spacial score (nSPS) is 18.5. The standard InChI is InChI=1S/C26H27FN2O2/c27-21-10-9-20-24-18(21)11-14-28(24)12-4-13-29-22-15-17(26(30)31)7-8-19(22)23(25(20)29)16-5-2-1-3-6-16/h7-10,15-16H,1-6,11-14H2,(H,30,31). The lowest BCUT2D eigenvalue weighted by molar-refractivity contribution is 0.0697. The fraction of sp³-hybridized carbons (Fsp3) is 0.423. The van der Waals surface area contributed by atoms with Crippen molar-refractivity contribution >= 4 is 22.6 Å². The van der Waals surface area contributed by atoms with Crippen LogP contribution in [0.2, 0.25) is 0 Å². The quantitative estimate of drug-likeness (QED) is 0.559. The van der Waals surface area contributed by atoms with Crippen molar-refractivity contribution in [3.05, 3.63) is 52.8 Å². The molecule has 3 aromatic rings. The molecule has 0 saturated heterocycles. The Bertz CT molecular complexity index is 1210. The Labute approximate surface area is 181 Å². The van der Waals surface area contributed by atoms with Gasteiger partial charge in [0.15, 0.2) is 0 Å². The summed E-state index contributed by atoms with van der Waals surface area (Å²) in [6.45, 7) is 2.63. The lowest BCUT2D eigenvalue weighted by Crippen LogP contribution is -2.25. The van der Waals surface area contributed by atoms with Crippen LogP contribution in [-0.2, 0) is 13.0 Å². The maximum Gasteiger partial charge on any atom is 0.335 e. The number of carboxylic acids is 1. The third-order valence-corrected chi connectivity index (χ3v) is 7.60. The summed E-state index contributed by atoms with van der Waals surface area (Å²) >= 11 is 0. The van der Waals surface area contributed by atoms with E-state index in [0.29, 0.717) is 11.5 Å². The van der Waals surface area contributed by atoms with E-state index in [9.17, 15) is 14.3 Å². The molecule has 1 N–H and O–H groups in total. The van der Waals surface area contributed by atoms with Crippen LogP contribution in [-0.4, -0.2) is 28.7 Å². The fourth-order valence-corrected chi connectivity index (χ4v) is 6.24. The number of hydrogen-bond acceptors (Lipinski definition) is 2. The number of rotatable bonds is 2. The third-order valence-electron chi connectivity index (χ3n) is 7.60. The second-order valence-electron chi connectivity index (χ2n) is 9.30. The smallest absolute Gasteiger partial charge is 0.335 e. The summed E-state index contributed by atoms with van der Waals surface area (Å²) in [6.07, 6.45) is 7.81. The average Bonchev–Trinajstić information content (AvgIpc) is 3.33. The second kappa shape index (κ2) is 7.11. The van der Waals surface area contributed by atoms with E-state index in [-0.39, 0.29) is 5.82 Å². The largest absolute Gasteiger partial charge is 0.478 e. The zero-order valence-electron chi connectivity index (χ0n) is 17.7. The molecular formula is C26H27FN2O2. The predicted octanol–water partition coefficient (Wildman–Crippen LogP) is 5.96. The Hall–Kier alpha value is -2.82. The minimum absolute atomic E-state index is 0.100. The predicted molar refractivity (Wildman–Crippen MR) is 121 cm³/mol. The highest BCUT2D eigenvalue weighted by Crippen LogP contribution is 2.49. The Morgan fingerprint density at radius 2 is 1.84 bits per heavy atom. The third kappa shape index (κ3) is 2.82. The molecule has 1 fully saturated rings. The van der Waals surface area contributed by atoms with Crippen LogP contribution in [0.3, 0.4) is 0 Å². The van der Waals surface area contributed by atoms with Crippen LogP contribution >= 0.6 is 0 Å². The van der Waals surface area contributed by atoms with Gasteiger partial charge in [-0.05, 0) is 61.4 Å². The van der Waals surface area contributed by atoms with Gasteiger partial charge in [-0.3, -0.25) is 0 Å². The molecule has 0 atom stereocenters. The van der Waals surface area contributed by atoms with Crippen LogP contribution in [0.1, 0.15) is 65.9 Å². The molecule has 1 aromatic heterocycles. The van der Waals surface area contributed by atoms with E-state index in [0.717, 1.165) is 54.8 Å². The van der Waals surface area contributed by atoms with Crippen LogP contribution in [0.25, 0.3) is 22.2 Å². The van der Waals surface area contributed by atoms with Crippen LogP contribution in [0.15, 0.2) is 30.3 Å². The number of halogens is 1. The summed E-state index contributed by atoms with van der Waals surface area (Å²) in [6, 6.07) is 9.20. The molecule has 4 nitrogen and oxygen atoms in total. The zero-order valence-corrected chi connectivity index (χ0v) is 17.7. The van der Waals surface area contributed by atoms with Crippen molar-refractivity contribution in [1.82, 2.24) is 4.57 Å². The number of fused-ring (bicyclic) bond motifs is 4. The summed E-state index contributed by atoms with van der Waals surface area (Å²) in [5.41, 5.74) is 6.94. The fourth-order valence-electron chi connectivity index (χ4n) is 6.24. The van der Waals surface area contributed by atoms with Gasteiger partial charge in [-0.1, -0.05) is 25.3 Å². The van der Waals surface area contributed by atoms with Crippen LogP contribution in [0, 0.1) is 5.82 Å². The number of carbonyl (C=O) groups is 1. The molecular weight excluding hydrogens is 391 g/mol. The SMILES string of the molecule is O=C(O)c1ccc2c(C3CCCCC3)c3n(c2c1)CCCN1CCc2c(F)ccc-3c21. The lowest BCUT2D eigenvalue weighted by Gasteiger charge is -2.29. The number of anilines is 1. The minimum Gasteiger partial charge on any atom is -0.478 e. The molecule has 160 valence electrons. The second-order valence-corrected chi connectivity index (χ2v) is 9.30. The van der Waals surface area contributed by atoms with Gasteiger partial charge in [0.05, 0.1) is 16.9 Å². The first-order valence-electron chi connectivity index (χ1n) is 11.6. The number of aryl methyl sites for hydroxylation is 1. The Kier molecular flexibility index (Phi) is 4.34. The lowest BCUT2D eigenvalue weighted by atomic mass is 9.81. The van der Waals surface area contributed by atoms with Gasteiger partial charge in [0, 0.05) is 41.7 Å². The summed E-state index contributed by atoms with van der Waals surface area (Å²) in [5.74, 6) is -0.522. The molecule has 0 radical (unpaired) electrons. The Morgan fingerprint density at radius 3 is 2.65 bits per heavy atom. The van der Waals surface area contributed by atoms with Gasteiger partial charge in [-0.15, -0.1) is 0 Å². The van der Waals surface area contributed by atoms with E-state index in [1.165, 1.54) is 48.7 Å². The Balaban J connectivity index is 1.70. The van der Waals surface area contributed by atoms with E-state index in [2.05, 4.69) is 9.47 Å². The summed E-state index contributed by atoms with van der Waals surface area (Å²) in [4.78, 5) is 14.1. The van der Waals surface area contributed by atoms with Gasteiger partial charge in [-0.25, -0.2) is 9.18 Å². The molecule has 1 aliphatic carbocycles. The van der Waals surface area contributed by atoms with E-state index in [4.69, 9.17) is 0 Å². The molecule has 6 rings (SSSR count). The number of aromatic nitrogens is 1. The molecule has 2 aromatic carbocycles. The van der Waals surface area contributed by atoms with Crippen LogP contribution in [0.5, 0.6) is 0 Å². The van der Waals surface area contributed by atoms with Crippen LogP contribution in [0.4, 0.5) is 10.1 Å². The Morgan fingerprint density at radius 1 is 1.00 bits per heavy atom. The number of aromatic carboxylic acids is 1. The zero-order chi connectivity index (χ0) is 21.1. The van der Waals surface area contributed by atoms with E-state index in [1.807, 2.05) is 18.2 Å². The summed E-state index contributed by atoms with van der Waals surface area (Å²) in [7, 11) is 0. The first kappa shape index (κ1) is 18.9. The molecule has 1 saturated carbocycles. The van der Waals surface area contributed by atoms with E-state index >= 15 is 0 Å². The van der Waals surface area contributed by atoms with Crippen LogP contribution < -0.4 is 4.90 Å². The summed E-state index contributed by atoms with van der Waals surface area (Å²) < 4.78 is 17.1. The molecule has 5 heteroatoms. The molecule has 0 spiro atoms. The van der Waals surface area contributed by atoms with Gasteiger partial charge >= 0.3 is 5.97 Å². The number of carboxylic acid groups (broad SMARTS) is 1.